The Morgan fingerprint density at radius 2 is 2.09 bits per heavy atom. The van der Waals surface area contributed by atoms with Gasteiger partial charge in [0.05, 0.1) is 10.7 Å². The topological polar surface area (TPSA) is 135 Å². The third-order valence-electron chi connectivity index (χ3n) is 4.15. The minimum Gasteiger partial charge on any atom is -0.486 e. The average molecular weight is 500 g/mol. The van der Waals surface area contributed by atoms with Crippen LogP contribution < -0.4 is 15.6 Å². The summed E-state index contributed by atoms with van der Waals surface area (Å²) in [7, 11) is 0. The highest BCUT2D eigenvalue weighted by molar-refractivity contribution is 7.16. The van der Waals surface area contributed by atoms with E-state index in [0.717, 1.165) is 5.01 Å². The lowest BCUT2D eigenvalue weighted by molar-refractivity contribution is -0.112. The Bertz CT molecular complexity index is 1500. The molecule has 1 N–H and O–H groups in total. The van der Waals surface area contributed by atoms with Crippen molar-refractivity contribution in [1.29, 1.82) is 5.26 Å². The summed E-state index contributed by atoms with van der Waals surface area (Å²) >= 11 is 8.82. The van der Waals surface area contributed by atoms with Gasteiger partial charge in [-0.15, -0.1) is 10.2 Å². The quantitative estimate of drug-likeness (QED) is 0.315. The number of amides is 1. The molecule has 1 aromatic carbocycles. The zero-order valence-corrected chi connectivity index (χ0v) is 19.6. The molecule has 13 heteroatoms. The molecule has 0 fully saturated rings. The van der Waals surface area contributed by atoms with Gasteiger partial charge in [0.25, 0.3) is 11.5 Å². The highest BCUT2D eigenvalue weighted by atomic mass is 35.5. The molecular weight excluding hydrogens is 486 g/mol. The first-order valence-electron chi connectivity index (χ1n) is 9.34. The minimum absolute atomic E-state index is 0.0325. The van der Waals surface area contributed by atoms with E-state index in [1.807, 2.05) is 6.07 Å². The van der Waals surface area contributed by atoms with Gasteiger partial charge in [0.1, 0.15) is 34.0 Å². The number of aromatic nitrogens is 5. The van der Waals surface area contributed by atoms with Crippen LogP contribution in [0.1, 0.15) is 21.3 Å². The number of nitrogens with zero attached hydrogens (tertiary/aromatic N) is 6. The van der Waals surface area contributed by atoms with Crippen molar-refractivity contribution in [2.24, 2.45) is 0 Å². The largest absolute Gasteiger partial charge is 0.486 e. The number of nitrogens with one attached hydrogen (secondary N) is 1. The lowest BCUT2D eigenvalue weighted by Gasteiger charge is -2.08. The smallest absolute Gasteiger partial charge is 0.275 e. The summed E-state index contributed by atoms with van der Waals surface area (Å²) in [5, 5.41) is 25.6. The van der Waals surface area contributed by atoms with Gasteiger partial charge < -0.3 is 4.74 Å². The normalized spacial score (nSPS) is 11.4. The van der Waals surface area contributed by atoms with E-state index in [1.54, 1.807) is 32.0 Å². The molecule has 0 saturated carbocycles. The minimum atomic E-state index is -0.601. The van der Waals surface area contributed by atoms with Crippen LogP contribution in [0.15, 0.2) is 34.6 Å². The number of carbonyl (C=O) groups is 1. The molecule has 0 spiro atoms. The predicted molar refractivity (Wildman–Crippen MR) is 125 cm³/mol. The molecule has 0 aliphatic heterocycles. The fourth-order valence-electron chi connectivity index (χ4n) is 2.73. The van der Waals surface area contributed by atoms with Crippen LogP contribution in [0.4, 0.5) is 5.13 Å². The first-order valence-corrected chi connectivity index (χ1v) is 11.4. The van der Waals surface area contributed by atoms with Crippen LogP contribution in [0.3, 0.4) is 0 Å². The Labute approximate surface area is 199 Å². The molecule has 0 bridgehead atoms. The number of hydrogen-bond donors (Lipinski definition) is 1. The molecule has 0 aliphatic carbocycles. The van der Waals surface area contributed by atoms with Crippen LogP contribution >= 0.6 is 34.3 Å². The van der Waals surface area contributed by atoms with Crippen molar-refractivity contribution in [2.75, 3.05) is 5.32 Å². The maximum atomic E-state index is 12.3. The van der Waals surface area contributed by atoms with Gasteiger partial charge in [-0.3, -0.25) is 14.9 Å². The van der Waals surface area contributed by atoms with E-state index in [1.165, 1.54) is 39.3 Å². The average Bonchev–Trinajstić information content (AvgIpc) is 3.35. The van der Waals surface area contributed by atoms with Gasteiger partial charge in [-0.25, -0.2) is 4.98 Å². The number of aryl methyl sites for hydroxylation is 2. The number of hydrogen-bond acceptors (Lipinski definition) is 10. The van der Waals surface area contributed by atoms with E-state index in [-0.39, 0.29) is 22.8 Å². The zero-order chi connectivity index (χ0) is 23.5. The van der Waals surface area contributed by atoms with Crippen LogP contribution in [0.25, 0.3) is 11.0 Å². The number of carbonyl (C=O) groups excluding carboxylic acids is 1. The number of fused-ring (bicyclic) bond motifs is 1. The molecule has 1 amide bonds. The summed E-state index contributed by atoms with van der Waals surface area (Å²) in [5.74, 6) is -0.236. The predicted octanol–water partition coefficient (Wildman–Crippen LogP) is 3.40. The van der Waals surface area contributed by atoms with E-state index >= 15 is 0 Å². The van der Waals surface area contributed by atoms with E-state index < -0.39 is 5.91 Å². The van der Waals surface area contributed by atoms with Gasteiger partial charge in [0.15, 0.2) is 0 Å². The maximum absolute atomic E-state index is 12.3. The highest BCUT2D eigenvalue weighted by Gasteiger charge is 2.13. The lowest BCUT2D eigenvalue weighted by atomic mass is 10.1. The molecular formula is C20H14ClN7O3S2. The second-order valence-electron chi connectivity index (χ2n) is 6.63. The first-order chi connectivity index (χ1) is 15.8. The molecule has 166 valence electrons. The van der Waals surface area contributed by atoms with Crippen molar-refractivity contribution in [3.05, 3.63) is 66.5 Å². The van der Waals surface area contributed by atoms with Gasteiger partial charge in [-0.05, 0) is 37.6 Å². The summed E-state index contributed by atoms with van der Waals surface area (Å²) in [5.41, 5.74) is 0.565. The Balaban J connectivity index is 1.47. The summed E-state index contributed by atoms with van der Waals surface area (Å²) in [6.45, 7) is 3.58. The maximum Gasteiger partial charge on any atom is 0.275 e. The molecule has 0 atom stereocenters. The summed E-state index contributed by atoms with van der Waals surface area (Å²) < 4.78 is 6.95. The number of ether oxygens (including phenoxy) is 1. The lowest BCUT2D eigenvalue weighted by Crippen LogP contribution is -2.16. The van der Waals surface area contributed by atoms with Crippen LogP contribution in [0, 0.1) is 25.2 Å². The molecule has 0 unspecified atom stereocenters. The Morgan fingerprint density at radius 3 is 2.79 bits per heavy atom. The summed E-state index contributed by atoms with van der Waals surface area (Å²) in [4.78, 5) is 29.3. The van der Waals surface area contributed by atoms with E-state index in [2.05, 4.69) is 25.6 Å². The van der Waals surface area contributed by atoms with Crippen molar-refractivity contribution in [3.8, 4) is 11.8 Å². The van der Waals surface area contributed by atoms with Crippen LogP contribution in [-0.2, 0) is 11.4 Å². The van der Waals surface area contributed by atoms with Crippen molar-refractivity contribution in [2.45, 2.75) is 20.5 Å². The Morgan fingerprint density at radius 1 is 1.27 bits per heavy atom. The SMILES string of the molecule is Cc1nnc(NC(=O)/C(C#N)=C\c2ccc(OCc3cc(=O)n4nc(C)sc4n3)c(Cl)c2)s1. The van der Waals surface area contributed by atoms with Gasteiger partial charge in [0.2, 0.25) is 10.1 Å². The molecule has 33 heavy (non-hydrogen) atoms. The monoisotopic (exact) mass is 499 g/mol. The van der Waals surface area contributed by atoms with Gasteiger partial charge in [-0.1, -0.05) is 40.3 Å². The van der Waals surface area contributed by atoms with Crippen LogP contribution in [0.5, 0.6) is 5.75 Å². The van der Waals surface area contributed by atoms with E-state index in [0.29, 0.717) is 32.1 Å². The molecule has 4 rings (SSSR count). The van der Waals surface area contributed by atoms with Gasteiger partial charge in [0, 0.05) is 6.07 Å². The number of halogens is 1. The standard InChI is InChI=1S/C20H14ClN7O3S2/c1-10-25-26-19(32-10)24-18(30)13(8-22)5-12-3-4-16(15(21)6-12)31-9-14-7-17(29)28-20(23-14)33-11(2)27-28/h3-7H,9H2,1-2H3,(H,24,26,30)/b13-5-. The molecule has 10 nitrogen and oxygen atoms in total. The second-order valence-corrected chi connectivity index (χ2v) is 9.38. The van der Waals surface area contributed by atoms with E-state index in [9.17, 15) is 14.9 Å². The van der Waals surface area contributed by atoms with Crippen LogP contribution in [0.2, 0.25) is 5.02 Å². The second kappa shape index (κ2) is 9.45. The third-order valence-corrected chi connectivity index (χ3v) is 6.03. The summed E-state index contributed by atoms with van der Waals surface area (Å²) in [6.07, 6.45) is 1.40. The van der Waals surface area contributed by atoms with Gasteiger partial charge >= 0.3 is 0 Å². The molecule has 3 heterocycles. The number of benzene rings is 1. The molecule has 0 radical (unpaired) electrons. The van der Waals surface area contributed by atoms with Crippen molar-refractivity contribution in [1.82, 2.24) is 24.8 Å². The molecule has 0 saturated heterocycles. The van der Waals surface area contributed by atoms with Crippen molar-refractivity contribution < 1.29 is 9.53 Å². The van der Waals surface area contributed by atoms with Gasteiger partial charge in [-0.2, -0.15) is 14.9 Å². The fourth-order valence-corrected chi connectivity index (χ4v) is 4.33. The van der Waals surface area contributed by atoms with Crippen molar-refractivity contribution >= 4 is 56.4 Å². The van der Waals surface area contributed by atoms with Crippen molar-refractivity contribution in [3.63, 3.8) is 0 Å². The van der Waals surface area contributed by atoms with Crippen LogP contribution in [-0.4, -0.2) is 30.7 Å². The highest BCUT2D eigenvalue weighted by Crippen LogP contribution is 2.27. The third kappa shape index (κ3) is 5.23. The molecule has 4 aromatic rings. The first kappa shape index (κ1) is 22.5. The summed E-state index contributed by atoms with van der Waals surface area (Å²) in [6, 6.07) is 8.05. The zero-order valence-electron chi connectivity index (χ0n) is 17.2. The number of rotatable bonds is 6. The molecule has 0 aliphatic rings. The Kier molecular flexibility index (Phi) is 6.45. The number of anilines is 1. The Hall–Kier alpha value is -3.66. The molecule has 3 aromatic heterocycles. The van der Waals surface area contributed by atoms with E-state index in [4.69, 9.17) is 16.3 Å². The fraction of sp³-hybridized carbons (Fsp3) is 0.150. The number of nitriles is 1.